The predicted molar refractivity (Wildman–Crippen MR) is 101 cm³/mol. The standard InChI is InChI=1S/C19H15BrF2O5S/c1-19(11-3-6-13(7-4-11)28(2,24)25)18(17(23)14(20)10-26-19)27-16-8-5-12(21)9-15(16)22/h3-10,18H,1-2H3. The molecule has 0 saturated heterocycles. The third-order valence-corrected chi connectivity index (χ3v) is 6.08. The Morgan fingerprint density at radius 2 is 1.79 bits per heavy atom. The van der Waals surface area contributed by atoms with Crippen LogP contribution in [0.5, 0.6) is 5.75 Å². The number of Topliss-reactive ketones (excluding diaryl/α,β-unsaturated/α-hetero) is 1. The lowest BCUT2D eigenvalue weighted by atomic mass is 9.86. The number of carbonyl (C=O) groups is 1. The summed E-state index contributed by atoms with van der Waals surface area (Å²) < 4.78 is 61.9. The van der Waals surface area contributed by atoms with E-state index in [1.807, 2.05) is 0 Å². The maximum absolute atomic E-state index is 14.1. The van der Waals surface area contributed by atoms with Crippen molar-refractivity contribution in [2.24, 2.45) is 0 Å². The number of sulfone groups is 1. The maximum Gasteiger partial charge on any atom is 0.217 e. The Hall–Kier alpha value is -2.26. The lowest BCUT2D eigenvalue weighted by Crippen LogP contribution is -2.50. The molecule has 0 aromatic heterocycles. The Morgan fingerprint density at radius 1 is 1.14 bits per heavy atom. The molecule has 0 spiro atoms. The van der Waals surface area contributed by atoms with Crippen LogP contribution in [0, 0.1) is 11.6 Å². The number of ketones is 1. The molecule has 0 saturated carbocycles. The van der Waals surface area contributed by atoms with Gasteiger partial charge in [0.05, 0.1) is 9.38 Å². The van der Waals surface area contributed by atoms with Gasteiger partial charge in [-0.25, -0.2) is 17.2 Å². The monoisotopic (exact) mass is 472 g/mol. The van der Waals surface area contributed by atoms with E-state index in [-0.39, 0.29) is 15.1 Å². The molecule has 148 valence electrons. The zero-order valence-corrected chi connectivity index (χ0v) is 17.2. The summed E-state index contributed by atoms with van der Waals surface area (Å²) in [6, 6.07) is 8.49. The van der Waals surface area contributed by atoms with Crippen molar-refractivity contribution in [3.05, 3.63) is 70.4 Å². The van der Waals surface area contributed by atoms with E-state index in [1.165, 1.54) is 30.5 Å². The van der Waals surface area contributed by atoms with Crippen molar-refractivity contribution in [3.8, 4) is 5.75 Å². The predicted octanol–water partition coefficient (Wildman–Crippen LogP) is 3.87. The molecule has 2 unspecified atom stereocenters. The van der Waals surface area contributed by atoms with Crippen LogP contribution in [0.15, 0.2) is 58.1 Å². The van der Waals surface area contributed by atoms with Crippen LogP contribution >= 0.6 is 15.9 Å². The van der Waals surface area contributed by atoms with Crippen LogP contribution in [0.25, 0.3) is 0 Å². The van der Waals surface area contributed by atoms with Gasteiger partial charge >= 0.3 is 0 Å². The fourth-order valence-corrected chi connectivity index (χ4v) is 3.72. The van der Waals surface area contributed by atoms with E-state index in [4.69, 9.17) is 9.47 Å². The summed E-state index contributed by atoms with van der Waals surface area (Å²) in [6.07, 6.45) is 0.970. The van der Waals surface area contributed by atoms with Gasteiger partial charge in [0, 0.05) is 12.3 Å². The van der Waals surface area contributed by atoms with Crippen molar-refractivity contribution < 1.29 is 31.5 Å². The number of carbonyl (C=O) groups excluding carboxylic acids is 1. The van der Waals surface area contributed by atoms with Crippen LogP contribution in [0.3, 0.4) is 0 Å². The van der Waals surface area contributed by atoms with Gasteiger partial charge in [-0.2, -0.15) is 0 Å². The van der Waals surface area contributed by atoms with E-state index in [9.17, 15) is 22.0 Å². The van der Waals surface area contributed by atoms with Gasteiger partial charge in [0.1, 0.15) is 12.1 Å². The Bertz CT molecular complexity index is 1070. The molecule has 1 aliphatic heterocycles. The minimum atomic E-state index is -3.40. The van der Waals surface area contributed by atoms with E-state index in [2.05, 4.69) is 15.9 Å². The molecular formula is C19H15BrF2O5S. The van der Waals surface area contributed by atoms with Gasteiger partial charge < -0.3 is 9.47 Å². The van der Waals surface area contributed by atoms with E-state index < -0.39 is 39.0 Å². The second-order valence-corrected chi connectivity index (χ2v) is 9.29. The second-order valence-electron chi connectivity index (χ2n) is 6.42. The smallest absolute Gasteiger partial charge is 0.217 e. The highest BCUT2D eigenvalue weighted by atomic mass is 79.9. The number of benzene rings is 2. The second kappa shape index (κ2) is 7.29. The lowest BCUT2D eigenvalue weighted by molar-refractivity contribution is -0.140. The van der Waals surface area contributed by atoms with E-state index >= 15 is 0 Å². The van der Waals surface area contributed by atoms with Crippen molar-refractivity contribution >= 4 is 31.6 Å². The third kappa shape index (κ3) is 3.81. The topological polar surface area (TPSA) is 69.7 Å². The minimum Gasteiger partial charge on any atom is -0.485 e. The fraction of sp³-hybridized carbons (Fsp3) is 0.211. The van der Waals surface area contributed by atoms with Crippen molar-refractivity contribution in [2.75, 3.05) is 6.26 Å². The van der Waals surface area contributed by atoms with E-state index in [0.29, 0.717) is 11.6 Å². The minimum absolute atomic E-state index is 0.0882. The molecule has 28 heavy (non-hydrogen) atoms. The summed E-state index contributed by atoms with van der Waals surface area (Å²) in [6.45, 7) is 1.56. The van der Waals surface area contributed by atoms with Crippen molar-refractivity contribution in [1.29, 1.82) is 0 Å². The summed E-state index contributed by atoms with van der Waals surface area (Å²) in [5.74, 6) is -2.57. The highest BCUT2D eigenvalue weighted by Gasteiger charge is 2.48. The highest BCUT2D eigenvalue weighted by molar-refractivity contribution is 9.12. The zero-order chi connectivity index (χ0) is 20.7. The molecule has 2 aromatic rings. The summed E-state index contributed by atoms with van der Waals surface area (Å²) >= 11 is 3.07. The van der Waals surface area contributed by atoms with Crippen LogP contribution in [0.4, 0.5) is 8.78 Å². The quantitative estimate of drug-likeness (QED) is 0.675. The number of rotatable bonds is 4. The molecule has 1 heterocycles. The van der Waals surface area contributed by atoms with Crippen molar-refractivity contribution in [1.82, 2.24) is 0 Å². The zero-order valence-electron chi connectivity index (χ0n) is 14.8. The summed E-state index contributed by atoms with van der Waals surface area (Å²) in [5, 5.41) is 0. The SMILES string of the molecule is CC1(c2ccc(S(C)(=O)=O)cc2)OC=C(Br)C(=O)C1Oc1ccc(F)cc1F. The maximum atomic E-state index is 14.1. The van der Waals surface area contributed by atoms with Crippen molar-refractivity contribution in [2.45, 2.75) is 23.5 Å². The third-order valence-electron chi connectivity index (χ3n) is 4.38. The Kier molecular flexibility index (Phi) is 5.33. The molecule has 1 aliphatic rings. The average molecular weight is 473 g/mol. The lowest BCUT2D eigenvalue weighted by Gasteiger charge is -2.39. The van der Waals surface area contributed by atoms with Crippen LogP contribution in [-0.4, -0.2) is 26.6 Å². The Morgan fingerprint density at radius 3 is 2.36 bits per heavy atom. The normalized spacial score (nSPS) is 22.4. The molecule has 0 bridgehead atoms. The number of ether oxygens (including phenoxy) is 2. The van der Waals surface area contributed by atoms with Gasteiger partial charge in [0.25, 0.3) is 0 Å². The van der Waals surface area contributed by atoms with Crippen LogP contribution in [-0.2, 0) is 25.0 Å². The average Bonchev–Trinajstić information content (AvgIpc) is 2.63. The van der Waals surface area contributed by atoms with E-state index in [0.717, 1.165) is 18.4 Å². The molecular weight excluding hydrogens is 458 g/mol. The molecule has 2 aromatic carbocycles. The number of hydrogen-bond acceptors (Lipinski definition) is 5. The van der Waals surface area contributed by atoms with Gasteiger partial charge in [-0.15, -0.1) is 0 Å². The Balaban J connectivity index is 2.04. The van der Waals surface area contributed by atoms with Crippen molar-refractivity contribution in [3.63, 3.8) is 0 Å². The first-order valence-electron chi connectivity index (χ1n) is 8.02. The van der Waals surface area contributed by atoms with Crippen LogP contribution in [0.2, 0.25) is 0 Å². The molecule has 3 rings (SSSR count). The van der Waals surface area contributed by atoms with Gasteiger partial charge in [0.2, 0.25) is 11.9 Å². The molecule has 0 aliphatic carbocycles. The van der Waals surface area contributed by atoms with Gasteiger partial charge in [0.15, 0.2) is 27.0 Å². The summed E-state index contributed by atoms with van der Waals surface area (Å²) in [5.41, 5.74) is -0.942. The summed E-state index contributed by atoms with van der Waals surface area (Å²) in [4.78, 5) is 12.8. The van der Waals surface area contributed by atoms with Crippen LogP contribution in [0.1, 0.15) is 12.5 Å². The Labute approximate surface area is 169 Å². The first kappa shape index (κ1) is 20.5. The summed E-state index contributed by atoms with van der Waals surface area (Å²) in [7, 11) is -3.40. The molecule has 2 atom stereocenters. The largest absolute Gasteiger partial charge is 0.485 e. The fourth-order valence-electron chi connectivity index (χ4n) is 2.79. The highest BCUT2D eigenvalue weighted by Crippen LogP contribution is 2.39. The van der Waals surface area contributed by atoms with Gasteiger partial charge in [-0.3, -0.25) is 4.79 Å². The number of halogens is 3. The molecule has 0 N–H and O–H groups in total. The first-order chi connectivity index (χ1) is 13.0. The molecule has 5 nitrogen and oxygen atoms in total. The van der Waals surface area contributed by atoms with Crippen LogP contribution < -0.4 is 4.74 Å². The molecule has 0 fully saturated rings. The molecule has 9 heteroatoms. The van der Waals surface area contributed by atoms with Gasteiger partial charge in [-0.1, -0.05) is 12.1 Å². The molecule has 0 radical (unpaired) electrons. The molecule has 0 amide bonds. The van der Waals surface area contributed by atoms with Gasteiger partial charge in [-0.05, 0) is 52.7 Å². The first-order valence-corrected chi connectivity index (χ1v) is 10.7. The van der Waals surface area contributed by atoms with E-state index in [1.54, 1.807) is 6.92 Å². The number of hydrogen-bond donors (Lipinski definition) is 0.